The van der Waals surface area contributed by atoms with E-state index < -0.39 is 29.8 Å². The maximum Gasteiger partial charge on any atom is 0.408 e. The summed E-state index contributed by atoms with van der Waals surface area (Å²) in [5.41, 5.74) is 4.95. The predicted octanol–water partition coefficient (Wildman–Crippen LogP) is 4.24. The van der Waals surface area contributed by atoms with Crippen LogP contribution in [0.2, 0.25) is 0 Å². The first-order valence-corrected chi connectivity index (χ1v) is 11.0. The lowest BCUT2D eigenvalue weighted by Crippen LogP contribution is -2.41. The molecule has 0 saturated heterocycles. The van der Waals surface area contributed by atoms with Gasteiger partial charge < -0.3 is 25.2 Å². The molecule has 176 valence electrons. The number of nitrogens with one attached hydrogen (secondary N) is 2. The first-order valence-electron chi connectivity index (χ1n) is 11.0. The minimum absolute atomic E-state index is 0.0511. The number of ether oxygens (including phenoxy) is 2. The Hall–Kier alpha value is -3.55. The van der Waals surface area contributed by atoms with Crippen LogP contribution in [0, 0.1) is 0 Å². The molecule has 1 aliphatic rings. The lowest BCUT2D eigenvalue weighted by molar-refractivity contribution is -0.139. The molecule has 8 heteroatoms. The van der Waals surface area contributed by atoms with Gasteiger partial charge in [0.2, 0.25) is 0 Å². The van der Waals surface area contributed by atoms with Crippen LogP contribution in [0.3, 0.4) is 0 Å². The van der Waals surface area contributed by atoms with Crippen molar-refractivity contribution in [2.24, 2.45) is 0 Å². The second-order valence-electron chi connectivity index (χ2n) is 8.96. The molecule has 33 heavy (non-hydrogen) atoms. The van der Waals surface area contributed by atoms with Gasteiger partial charge in [-0.15, -0.1) is 0 Å². The smallest absolute Gasteiger partial charge is 0.408 e. The number of amides is 2. The maximum atomic E-state index is 12.3. The van der Waals surface area contributed by atoms with E-state index in [1.807, 2.05) is 24.3 Å². The summed E-state index contributed by atoms with van der Waals surface area (Å²) in [5.74, 6) is -1.17. The Bertz CT molecular complexity index is 1030. The van der Waals surface area contributed by atoms with Crippen LogP contribution >= 0.6 is 0 Å². The van der Waals surface area contributed by atoms with Gasteiger partial charge in [-0.05, 0) is 67.9 Å². The Balaban J connectivity index is 1.47. The highest BCUT2D eigenvalue weighted by Crippen LogP contribution is 2.38. The Labute approximate surface area is 193 Å². The van der Waals surface area contributed by atoms with E-state index in [1.54, 1.807) is 20.8 Å². The van der Waals surface area contributed by atoms with Crippen LogP contribution in [0.25, 0.3) is 11.1 Å². The van der Waals surface area contributed by atoms with Crippen LogP contribution in [0.5, 0.6) is 0 Å². The van der Waals surface area contributed by atoms with Crippen LogP contribution in [0.1, 0.15) is 50.3 Å². The van der Waals surface area contributed by atoms with Crippen LogP contribution in [-0.4, -0.2) is 41.4 Å². The third-order valence-electron chi connectivity index (χ3n) is 5.23. The van der Waals surface area contributed by atoms with Gasteiger partial charge in [0.1, 0.15) is 18.2 Å². The largest absolute Gasteiger partial charge is 0.480 e. The molecule has 0 aliphatic heterocycles. The van der Waals surface area contributed by atoms with E-state index >= 15 is 0 Å². The second-order valence-corrected chi connectivity index (χ2v) is 8.96. The Morgan fingerprint density at radius 3 is 2.48 bits per heavy atom. The Morgan fingerprint density at radius 2 is 1.76 bits per heavy atom. The van der Waals surface area contributed by atoms with Gasteiger partial charge in [-0.3, -0.25) is 0 Å². The lowest BCUT2D eigenvalue weighted by Gasteiger charge is -2.20. The highest BCUT2D eigenvalue weighted by molar-refractivity contribution is 5.80. The quantitative estimate of drug-likeness (QED) is 0.439. The van der Waals surface area contributed by atoms with Crippen LogP contribution in [0.4, 0.5) is 9.59 Å². The van der Waals surface area contributed by atoms with Gasteiger partial charge in [0.25, 0.3) is 0 Å². The zero-order chi connectivity index (χ0) is 24.0. The average Bonchev–Trinajstić information content (AvgIpc) is 3.12. The molecule has 1 atom stereocenters. The van der Waals surface area contributed by atoms with E-state index in [4.69, 9.17) is 9.47 Å². The van der Waals surface area contributed by atoms with Crippen molar-refractivity contribution in [3.8, 4) is 11.1 Å². The Morgan fingerprint density at radius 1 is 1.03 bits per heavy atom. The first-order chi connectivity index (χ1) is 15.6. The maximum absolute atomic E-state index is 12.3. The summed E-state index contributed by atoms with van der Waals surface area (Å²) >= 11 is 0. The van der Waals surface area contributed by atoms with Crippen LogP contribution in [0.15, 0.2) is 42.5 Å². The zero-order valence-corrected chi connectivity index (χ0v) is 19.1. The molecule has 2 aromatic rings. The fourth-order valence-corrected chi connectivity index (χ4v) is 3.75. The highest BCUT2D eigenvalue weighted by atomic mass is 16.6. The fourth-order valence-electron chi connectivity index (χ4n) is 3.75. The number of rotatable bonds is 8. The molecule has 0 spiro atoms. The summed E-state index contributed by atoms with van der Waals surface area (Å²) < 4.78 is 10.5. The van der Waals surface area contributed by atoms with Gasteiger partial charge >= 0.3 is 18.2 Å². The van der Waals surface area contributed by atoms with Crippen molar-refractivity contribution in [2.75, 3.05) is 6.54 Å². The zero-order valence-electron chi connectivity index (χ0n) is 19.1. The normalized spacial score (nSPS) is 12.8. The van der Waals surface area contributed by atoms with Gasteiger partial charge in [0, 0.05) is 6.54 Å². The minimum atomic E-state index is -1.17. The monoisotopic (exact) mass is 454 g/mol. The minimum Gasteiger partial charge on any atom is -0.480 e. The van der Waals surface area contributed by atoms with E-state index in [0.717, 1.165) is 23.1 Å². The van der Waals surface area contributed by atoms with Crippen molar-refractivity contribution in [1.29, 1.82) is 0 Å². The fraction of sp³-hybridized carbons (Fsp3) is 0.400. The van der Waals surface area contributed by atoms with Gasteiger partial charge in [-0.1, -0.05) is 42.5 Å². The van der Waals surface area contributed by atoms with Crippen molar-refractivity contribution in [2.45, 2.75) is 58.3 Å². The molecule has 2 amide bonds. The number of benzene rings is 2. The summed E-state index contributed by atoms with van der Waals surface area (Å²) in [7, 11) is 0. The summed E-state index contributed by atoms with van der Waals surface area (Å²) in [4.78, 5) is 35.4. The van der Waals surface area contributed by atoms with E-state index in [1.165, 1.54) is 11.1 Å². The number of hydrogen-bond donors (Lipinski definition) is 3. The standard InChI is InChI=1S/C25H30N2O6/c1-25(2,3)33-23(30)26-13-7-12-21(22(28)29)27-24(31)32-15-17-9-6-11-19-18-10-5-4-8-16(18)14-20(17)19/h4-6,8-11,21H,7,12-15H2,1-3H3,(H,26,30)(H,27,31)(H,28,29)/t21-/m0/s1. The second kappa shape index (κ2) is 10.4. The van der Waals surface area contributed by atoms with E-state index in [-0.39, 0.29) is 19.6 Å². The summed E-state index contributed by atoms with van der Waals surface area (Å²) in [5, 5.41) is 14.4. The molecule has 1 aliphatic carbocycles. The van der Waals surface area contributed by atoms with Gasteiger partial charge in [0.05, 0.1) is 0 Å². The molecule has 0 unspecified atom stereocenters. The molecule has 0 bridgehead atoms. The third-order valence-corrected chi connectivity index (χ3v) is 5.23. The SMILES string of the molecule is CC(C)(C)OC(=O)NCCC[C@H](NC(=O)OCc1cccc2c1Cc1ccccc1-2)C(=O)O. The van der Waals surface area contributed by atoms with Crippen molar-refractivity contribution in [3.05, 3.63) is 59.2 Å². The lowest BCUT2D eigenvalue weighted by atomic mass is 10.0. The Kier molecular flexibility index (Phi) is 7.58. The van der Waals surface area contributed by atoms with E-state index in [0.29, 0.717) is 6.42 Å². The van der Waals surface area contributed by atoms with Gasteiger partial charge in [-0.25, -0.2) is 14.4 Å². The van der Waals surface area contributed by atoms with Gasteiger partial charge in [0.15, 0.2) is 0 Å². The number of hydrogen-bond acceptors (Lipinski definition) is 5. The van der Waals surface area contributed by atoms with Gasteiger partial charge in [-0.2, -0.15) is 0 Å². The molecule has 0 saturated carbocycles. The number of fused-ring (bicyclic) bond motifs is 3. The van der Waals surface area contributed by atoms with Crippen molar-refractivity contribution < 1.29 is 29.0 Å². The summed E-state index contributed by atoms with van der Waals surface area (Å²) in [6, 6.07) is 12.9. The molecule has 0 heterocycles. The van der Waals surface area contributed by atoms with E-state index in [2.05, 4.69) is 28.8 Å². The predicted molar refractivity (Wildman–Crippen MR) is 123 cm³/mol. The average molecular weight is 455 g/mol. The molecule has 3 rings (SSSR count). The first kappa shape index (κ1) is 24.1. The number of carbonyl (C=O) groups is 3. The van der Waals surface area contributed by atoms with Crippen LogP contribution < -0.4 is 10.6 Å². The number of carboxylic acid groups (broad SMARTS) is 1. The molecular formula is C25H30N2O6. The van der Waals surface area contributed by atoms with E-state index in [9.17, 15) is 19.5 Å². The van der Waals surface area contributed by atoms with Crippen molar-refractivity contribution >= 4 is 18.2 Å². The van der Waals surface area contributed by atoms with Crippen LogP contribution in [-0.2, 0) is 27.3 Å². The summed E-state index contributed by atoms with van der Waals surface area (Å²) in [6.45, 7) is 5.54. The number of carbonyl (C=O) groups excluding carboxylic acids is 2. The molecule has 0 radical (unpaired) electrons. The molecule has 2 aromatic carbocycles. The highest BCUT2D eigenvalue weighted by Gasteiger charge is 2.23. The topological polar surface area (TPSA) is 114 Å². The molecule has 3 N–H and O–H groups in total. The molecule has 0 fully saturated rings. The number of alkyl carbamates (subject to hydrolysis) is 2. The molecule has 0 aromatic heterocycles. The number of aliphatic carboxylic acids is 1. The molecular weight excluding hydrogens is 424 g/mol. The summed E-state index contributed by atoms with van der Waals surface area (Å²) in [6.07, 6.45) is -0.110. The third kappa shape index (κ3) is 6.71. The number of carboxylic acids is 1. The van der Waals surface area contributed by atoms with Crippen molar-refractivity contribution in [1.82, 2.24) is 10.6 Å². The molecule has 8 nitrogen and oxygen atoms in total. The van der Waals surface area contributed by atoms with Crippen molar-refractivity contribution in [3.63, 3.8) is 0 Å².